The molecule has 4 aromatic carbocycles. The number of anilines is 1. The first-order valence-electron chi connectivity index (χ1n) is 13.6. The van der Waals surface area contributed by atoms with Crippen LogP contribution in [0.2, 0.25) is 0 Å². The van der Waals surface area contributed by atoms with Crippen LogP contribution < -0.4 is 9.64 Å². The van der Waals surface area contributed by atoms with Gasteiger partial charge in [0, 0.05) is 19.8 Å². The molecule has 0 bridgehead atoms. The lowest BCUT2D eigenvalue weighted by Gasteiger charge is -2.11. The van der Waals surface area contributed by atoms with Gasteiger partial charge in [-0.15, -0.1) is 0 Å². The van der Waals surface area contributed by atoms with Crippen molar-refractivity contribution in [2.45, 2.75) is 39.0 Å². The summed E-state index contributed by atoms with van der Waals surface area (Å²) in [5, 5.41) is 17.4. The summed E-state index contributed by atoms with van der Waals surface area (Å²) in [7, 11) is 4.02. The molecular formula is C33H37N5O. The number of azo groups is 2. The molecule has 0 saturated heterocycles. The van der Waals surface area contributed by atoms with Crippen LogP contribution >= 0.6 is 0 Å². The Bertz CT molecular complexity index is 1330. The van der Waals surface area contributed by atoms with Gasteiger partial charge < -0.3 is 9.64 Å². The van der Waals surface area contributed by atoms with E-state index in [4.69, 9.17) is 4.74 Å². The van der Waals surface area contributed by atoms with Crippen LogP contribution in [0.5, 0.6) is 5.75 Å². The maximum atomic E-state index is 5.88. The van der Waals surface area contributed by atoms with Gasteiger partial charge in [-0.05, 0) is 90.3 Å². The molecule has 6 nitrogen and oxygen atoms in total. The maximum absolute atomic E-state index is 5.88. The molecule has 0 aliphatic heterocycles. The molecule has 0 atom stereocenters. The van der Waals surface area contributed by atoms with Crippen LogP contribution in [0.1, 0.15) is 39.0 Å². The summed E-state index contributed by atoms with van der Waals surface area (Å²) in [5.41, 5.74) is 6.53. The van der Waals surface area contributed by atoms with Gasteiger partial charge >= 0.3 is 0 Å². The number of hydrogen-bond acceptors (Lipinski definition) is 6. The number of rotatable bonds is 13. The van der Waals surface area contributed by atoms with Crippen LogP contribution in [-0.4, -0.2) is 20.7 Å². The molecule has 0 aliphatic carbocycles. The molecule has 4 rings (SSSR count). The lowest BCUT2D eigenvalue weighted by molar-refractivity contribution is 0.304. The zero-order valence-electron chi connectivity index (χ0n) is 23.1. The number of ether oxygens (including phenoxy) is 1. The normalized spacial score (nSPS) is 11.4. The van der Waals surface area contributed by atoms with Gasteiger partial charge in [0.25, 0.3) is 0 Å². The largest absolute Gasteiger partial charge is 0.494 e. The highest BCUT2D eigenvalue weighted by molar-refractivity contribution is 5.66. The maximum Gasteiger partial charge on any atom is 0.119 e. The first kappa shape index (κ1) is 27.7. The van der Waals surface area contributed by atoms with Gasteiger partial charge in [0.2, 0.25) is 0 Å². The zero-order valence-corrected chi connectivity index (χ0v) is 23.1. The molecule has 39 heavy (non-hydrogen) atoms. The lowest BCUT2D eigenvalue weighted by Crippen LogP contribution is -2.07. The van der Waals surface area contributed by atoms with E-state index in [1.807, 2.05) is 91.8 Å². The van der Waals surface area contributed by atoms with Gasteiger partial charge in [0.05, 0.1) is 29.4 Å². The summed E-state index contributed by atoms with van der Waals surface area (Å²) in [5.74, 6) is 0.922. The number of benzene rings is 4. The van der Waals surface area contributed by atoms with Gasteiger partial charge in [-0.2, -0.15) is 20.5 Å². The van der Waals surface area contributed by atoms with Crippen molar-refractivity contribution in [2.75, 3.05) is 25.6 Å². The summed E-state index contributed by atoms with van der Waals surface area (Å²) in [6.45, 7) is 3.01. The van der Waals surface area contributed by atoms with E-state index in [9.17, 15) is 0 Å². The lowest BCUT2D eigenvalue weighted by atomic mass is 10.1. The SMILES string of the molecule is CCCCCCCOc1ccc(-c2ccc(/N=N/c3ccc(/N=N/c4ccc(N(C)C)cc4)cc3)cc2)cc1. The molecular weight excluding hydrogens is 482 g/mol. The van der Waals surface area contributed by atoms with Gasteiger partial charge in [-0.1, -0.05) is 56.9 Å². The quantitative estimate of drug-likeness (QED) is 0.130. The first-order valence-corrected chi connectivity index (χ1v) is 13.6. The van der Waals surface area contributed by atoms with Crippen molar-refractivity contribution in [1.29, 1.82) is 0 Å². The Balaban J connectivity index is 1.27. The molecule has 0 radical (unpaired) electrons. The van der Waals surface area contributed by atoms with E-state index in [2.05, 4.69) is 51.6 Å². The number of hydrogen-bond donors (Lipinski definition) is 0. The summed E-state index contributed by atoms with van der Waals surface area (Å²) < 4.78 is 5.88. The van der Waals surface area contributed by atoms with Gasteiger partial charge in [-0.3, -0.25) is 0 Å². The Kier molecular flexibility index (Phi) is 10.4. The predicted octanol–water partition coefficient (Wildman–Crippen LogP) is 10.6. The standard InChI is InChI=1S/C33H37N5O/c1-4-5-6-7-8-25-39-33-23-11-27(12-24-33)26-9-13-28(14-10-26)34-35-29-15-17-30(18-16-29)36-37-31-19-21-32(22-20-31)38(2)3/h9-24H,4-8,25H2,1-3H3/b35-34+,37-36+. The van der Waals surface area contributed by atoms with Crippen molar-refractivity contribution < 1.29 is 4.74 Å². The van der Waals surface area contributed by atoms with E-state index in [-0.39, 0.29) is 0 Å². The van der Waals surface area contributed by atoms with Crippen LogP contribution in [0.15, 0.2) is 118 Å². The fraction of sp³-hybridized carbons (Fsp3) is 0.273. The molecule has 0 N–H and O–H groups in total. The van der Waals surface area contributed by atoms with Crippen LogP contribution in [0.4, 0.5) is 28.4 Å². The van der Waals surface area contributed by atoms with E-state index >= 15 is 0 Å². The van der Waals surface area contributed by atoms with E-state index < -0.39 is 0 Å². The third-order valence-corrected chi connectivity index (χ3v) is 6.35. The fourth-order valence-electron chi connectivity index (χ4n) is 3.99. The van der Waals surface area contributed by atoms with Crippen molar-refractivity contribution in [3.05, 3.63) is 97.1 Å². The second kappa shape index (κ2) is 14.6. The van der Waals surface area contributed by atoms with Crippen molar-refractivity contribution >= 4 is 28.4 Å². The van der Waals surface area contributed by atoms with E-state index in [0.29, 0.717) is 0 Å². The smallest absolute Gasteiger partial charge is 0.119 e. The fourth-order valence-corrected chi connectivity index (χ4v) is 3.99. The molecule has 0 saturated carbocycles. The van der Waals surface area contributed by atoms with E-state index in [1.165, 1.54) is 25.7 Å². The second-order valence-corrected chi connectivity index (χ2v) is 9.66. The number of nitrogens with zero attached hydrogens (tertiary/aromatic N) is 5. The molecule has 0 spiro atoms. The molecule has 6 heteroatoms. The Morgan fingerprint density at radius 2 is 0.923 bits per heavy atom. The highest BCUT2D eigenvalue weighted by atomic mass is 16.5. The molecule has 0 heterocycles. The average molecular weight is 520 g/mol. The Morgan fingerprint density at radius 1 is 0.513 bits per heavy atom. The van der Waals surface area contributed by atoms with E-state index in [0.717, 1.165) is 58.3 Å². The monoisotopic (exact) mass is 519 g/mol. The molecule has 0 fully saturated rings. The summed E-state index contributed by atoms with van der Waals surface area (Å²) in [6.07, 6.45) is 6.21. The summed E-state index contributed by atoms with van der Waals surface area (Å²) >= 11 is 0. The number of unbranched alkanes of at least 4 members (excludes halogenated alkanes) is 4. The van der Waals surface area contributed by atoms with Crippen LogP contribution in [0.3, 0.4) is 0 Å². The van der Waals surface area contributed by atoms with E-state index in [1.54, 1.807) is 0 Å². The molecule has 0 aliphatic rings. The topological polar surface area (TPSA) is 61.9 Å². The highest BCUT2D eigenvalue weighted by Gasteiger charge is 2.01. The minimum Gasteiger partial charge on any atom is -0.494 e. The minimum absolute atomic E-state index is 0.759. The molecule has 200 valence electrons. The summed E-state index contributed by atoms with van der Waals surface area (Å²) in [4.78, 5) is 2.05. The van der Waals surface area contributed by atoms with Crippen LogP contribution in [0.25, 0.3) is 11.1 Å². The van der Waals surface area contributed by atoms with Crippen molar-refractivity contribution in [3.8, 4) is 16.9 Å². The minimum atomic E-state index is 0.759. The predicted molar refractivity (Wildman–Crippen MR) is 162 cm³/mol. The molecule has 4 aromatic rings. The van der Waals surface area contributed by atoms with Crippen molar-refractivity contribution in [2.24, 2.45) is 20.5 Å². The zero-order chi connectivity index (χ0) is 27.3. The average Bonchev–Trinajstić information content (AvgIpc) is 2.98. The van der Waals surface area contributed by atoms with Crippen LogP contribution in [-0.2, 0) is 0 Å². The van der Waals surface area contributed by atoms with Crippen molar-refractivity contribution in [1.82, 2.24) is 0 Å². The Morgan fingerprint density at radius 3 is 1.38 bits per heavy atom. The second-order valence-electron chi connectivity index (χ2n) is 9.66. The third-order valence-electron chi connectivity index (χ3n) is 6.35. The van der Waals surface area contributed by atoms with Gasteiger partial charge in [-0.25, -0.2) is 0 Å². The molecule has 0 unspecified atom stereocenters. The Labute approximate surface area is 232 Å². The molecule has 0 aromatic heterocycles. The summed E-state index contributed by atoms with van der Waals surface area (Å²) in [6, 6.07) is 31.8. The Hall–Kier alpha value is -4.32. The van der Waals surface area contributed by atoms with Gasteiger partial charge in [0.1, 0.15) is 5.75 Å². The third kappa shape index (κ3) is 8.88. The first-order chi connectivity index (χ1) is 19.1. The van der Waals surface area contributed by atoms with Gasteiger partial charge in [0.15, 0.2) is 0 Å². The highest BCUT2D eigenvalue weighted by Crippen LogP contribution is 2.27. The van der Waals surface area contributed by atoms with Crippen LogP contribution in [0, 0.1) is 0 Å². The van der Waals surface area contributed by atoms with Crippen molar-refractivity contribution in [3.63, 3.8) is 0 Å². The molecule has 0 amide bonds.